The lowest BCUT2D eigenvalue weighted by atomic mass is 10.3. The van der Waals surface area contributed by atoms with Crippen LogP contribution in [0.25, 0.3) is 0 Å². The van der Waals surface area contributed by atoms with Crippen LogP contribution in [-0.4, -0.2) is 9.97 Å². The first kappa shape index (κ1) is 10.9. The quantitative estimate of drug-likeness (QED) is 0.910. The number of aromatic nitrogens is 2. The van der Waals surface area contributed by atoms with E-state index in [4.69, 9.17) is 16.9 Å². The normalized spacial score (nSPS) is 9.75. The van der Waals surface area contributed by atoms with Gasteiger partial charge in [0.1, 0.15) is 21.9 Å². The van der Waals surface area contributed by atoms with Gasteiger partial charge in [-0.15, -0.1) is 11.3 Å². The molecule has 2 aromatic rings. The summed E-state index contributed by atoms with van der Waals surface area (Å²) < 4.78 is 0. The Morgan fingerprint density at radius 2 is 2.31 bits per heavy atom. The number of hydrogen-bond acceptors (Lipinski definition) is 5. The minimum Gasteiger partial charge on any atom is -0.362 e. The SMILES string of the molecule is N#Cc1ccnc(NCc2nccs2)c1Cl. The van der Waals surface area contributed by atoms with E-state index in [0.717, 1.165) is 5.01 Å². The minimum absolute atomic E-state index is 0.349. The molecule has 2 rings (SSSR count). The molecule has 0 spiro atoms. The van der Waals surface area contributed by atoms with Crippen molar-refractivity contribution in [2.45, 2.75) is 6.54 Å². The van der Waals surface area contributed by atoms with Gasteiger partial charge in [-0.1, -0.05) is 11.6 Å². The van der Waals surface area contributed by atoms with Gasteiger partial charge < -0.3 is 5.32 Å². The molecular formula is C10H7ClN4S. The van der Waals surface area contributed by atoms with Crippen molar-refractivity contribution in [1.82, 2.24) is 9.97 Å². The van der Waals surface area contributed by atoms with Crippen LogP contribution >= 0.6 is 22.9 Å². The number of nitriles is 1. The summed E-state index contributed by atoms with van der Waals surface area (Å²) in [5, 5.41) is 15.0. The molecule has 16 heavy (non-hydrogen) atoms. The molecule has 0 amide bonds. The Hall–Kier alpha value is -1.64. The third kappa shape index (κ3) is 2.30. The monoisotopic (exact) mass is 250 g/mol. The number of nitrogens with zero attached hydrogens (tertiary/aromatic N) is 3. The first-order chi connectivity index (χ1) is 7.81. The average Bonchev–Trinajstić information content (AvgIpc) is 2.81. The summed E-state index contributed by atoms with van der Waals surface area (Å²) in [7, 11) is 0. The molecule has 0 unspecified atom stereocenters. The maximum atomic E-state index is 8.79. The molecule has 0 aliphatic rings. The molecule has 0 saturated carbocycles. The molecule has 0 aliphatic heterocycles. The highest BCUT2D eigenvalue weighted by Gasteiger charge is 2.06. The van der Waals surface area contributed by atoms with Gasteiger partial charge in [0.25, 0.3) is 0 Å². The second kappa shape index (κ2) is 4.92. The van der Waals surface area contributed by atoms with Crippen LogP contribution < -0.4 is 5.32 Å². The zero-order chi connectivity index (χ0) is 11.4. The maximum Gasteiger partial charge on any atom is 0.146 e. The van der Waals surface area contributed by atoms with Gasteiger partial charge in [0, 0.05) is 17.8 Å². The fourth-order valence-electron chi connectivity index (χ4n) is 1.15. The van der Waals surface area contributed by atoms with Gasteiger partial charge in [0.05, 0.1) is 12.1 Å². The van der Waals surface area contributed by atoms with Crippen LogP contribution in [-0.2, 0) is 6.54 Å². The standard InChI is InChI=1S/C10H7ClN4S/c11-9-7(5-12)1-2-14-10(9)15-6-8-13-3-4-16-8/h1-4H,6H2,(H,14,15). The lowest BCUT2D eigenvalue weighted by molar-refractivity contribution is 1.08. The predicted octanol–water partition coefficient (Wildman–Crippen LogP) is 2.68. The molecule has 0 atom stereocenters. The van der Waals surface area contributed by atoms with Crippen molar-refractivity contribution in [3.63, 3.8) is 0 Å². The maximum absolute atomic E-state index is 8.79. The van der Waals surface area contributed by atoms with Crippen molar-refractivity contribution >= 4 is 28.8 Å². The molecule has 6 heteroatoms. The number of nitrogens with one attached hydrogen (secondary N) is 1. The van der Waals surface area contributed by atoms with Crippen LogP contribution in [0.15, 0.2) is 23.8 Å². The van der Waals surface area contributed by atoms with Crippen LogP contribution in [0.2, 0.25) is 5.02 Å². The van der Waals surface area contributed by atoms with Crippen molar-refractivity contribution < 1.29 is 0 Å². The van der Waals surface area contributed by atoms with E-state index in [1.165, 1.54) is 0 Å². The number of anilines is 1. The number of pyridine rings is 1. The number of hydrogen-bond donors (Lipinski definition) is 1. The van der Waals surface area contributed by atoms with E-state index < -0.39 is 0 Å². The van der Waals surface area contributed by atoms with Crippen molar-refractivity contribution in [2.24, 2.45) is 0 Å². The summed E-state index contributed by atoms with van der Waals surface area (Å²) >= 11 is 7.53. The van der Waals surface area contributed by atoms with E-state index in [1.807, 2.05) is 11.4 Å². The molecule has 0 aromatic carbocycles. The summed E-state index contributed by atoms with van der Waals surface area (Å²) in [4.78, 5) is 8.19. The Bertz CT molecular complexity index is 518. The van der Waals surface area contributed by atoms with Gasteiger partial charge in [-0.3, -0.25) is 0 Å². The van der Waals surface area contributed by atoms with Gasteiger partial charge in [0.2, 0.25) is 0 Å². The fourth-order valence-corrected chi connectivity index (χ4v) is 1.93. The molecule has 1 N–H and O–H groups in total. The zero-order valence-electron chi connectivity index (χ0n) is 8.14. The van der Waals surface area contributed by atoms with Crippen LogP contribution in [0.1, 0.15) is 10.6 Å². The summed E-state index contributed by atoms with van der Waals surface area (Å²) in [5.74, 6) is 0.510. The van der Waals surface area contributed by atoms with E-state index in [-0.39, 0.29) is 0 Å². The first-order valence-corrected chi connectivity index (χ1v) is 5.74. The Labute approximate surface area is 102 Å². The Kier molecular flexibility index (Phi) is 3.34. The van der Waals surface area contributed by atoms with Crippen molar-refractivity contribution in [2.75, 3.05) is 5.32 Å². The van der Waals surface area contributed by atoms with Gasteiger partial charge in [-0.25, -0.2) is 9.97 Å². The fraction of sp³-hybridized carbons (Fsp3) is 0.100. The summed E-state index contributed by atoms with van der Waals surface area (Å²) in [5.41, 5.74) is 0.415. The van der Waals surface area contributed by atoms with E-state index in [9.17, 15) is 0 Å². The van der Waals surface area contributed by atoms with Crippen molar-refractivity contribution in [3.05, 3.63) is 39.4 Å². The molecule has 80 valence electrons. The highest BCUT2D eigenvalue weighted by molar-refractivity contribution is 7.09. The Morgan fingerprint density at radius 1 is 1.44 bits per heavy atom. The van der Waals surface area contributed by atoms with Gasteiger partial charge in [0.15, 0.2) is 0 Å². The third-order valence-electron chi connectivity index (χ3n) is 1.90. The van der Waals surface area contributed by atoms with E-state index in [1.54, 1.807) is 29.8 Å². The molecular weight excluding hydrogens is 244 g/mol. The van der Waals surface area contributed by atoms with Crippen LogP contribution in [0, 0.1) is 11.3 Å². The van der Waals surface area contributed by atoms with Crippen LogP contribution in [0.3, 0.4) is 0 Å². The largest absolute Gasteiger partial charge is 0.362 e. The molecule has 0 fully saturated rings. The Morgan fingerprint density at radius 3 is 3.00 bits per heavy atom. The first-order valence-electron chi connectivity index (χ1n) is 4.48. The zero-order valence-corrected chi connectivity index (χ0v) is 9.72. The molecule has 4 nitrogen and oxygen atoms in total. The summed E-state index contributed by atoms with van der Waals surface area (Å²) in [6.07, 6.45) is 3.29. The molecule has 2 aromatic heterocycles. The molecule has 0 aliphatic carbocycles. The molecule has 0 bridgehead atoms. The Balaban J connectivity index is 2.13. The third-order valence-corrected chi connectivity index (χ3v) is 3.06. The van der Waals surface area contributed by atoms with Gasteiger partial charge >= 0.3 is 0 Å². The topological polar surface area (TPSA) is 61.6 Å². The lowest BCUT2D eigenvalue weighted by Crippen LogP contribution is -2.02. The highest BCUT2D eigenvalue weighted by Crippen LogP contribution is 2.23. The highest BCUT2D eigenvalue weighted by atomic mass is 35.5. The number of rotatable bonds is 3. The van der Waals surface area contributed by atoms with Gasteiger partial charge in [-0.05, 0) is 6.07 Å². The minimum atomic E-state index is 0.349. The van der Waals surface area contributed by atoms with Crippen molar-refractivity contribution in [3.8, 4) is 6.07 Å². The summed E-state index contributed by atoms with van der Waals surface area (Å²) in [6, 6.07) is 3.58. The van der Waals surface area contributed by atoms with Gasteiger partial charge in [-0.2, -0.15) is 5.26 Å². The second-order valence-electron chi connectivity index (χ2n) is 2.91. The molecule has 2 heterocycles. The van der Waals surface area contributed by atoms with Crippen LogP contribution in [0.5, 0.6) is 0 Å². The predicted molar refractivity (Wildman–Crippen MR) is 63.4 cm³/mol. The number of thiazole rings is 1. The smallest absolute Gasteiger partial charge is 0.146 e. The number of halogens is 1. The second-order valence-corrected chi connectivity index (χ2v) is 4.27. The van der Waals surface area contributed by atoms with E-state index in [2.05, 4.69) is 15.3 Å². The van der Waals surface area contributed by atoms with Crippen molar-refractivity contribution in [1.29, 1.82) is 5.26 Å². The molecule has 0 saturated heterocycles. The van der Waals surface area contributed by atoms with E-state index in [0.29, 0.717) is 22.9 Å². The van der Waals surface area contributed by atoms with Crippen LogP contribution in [0.4, 0.5) is 5.82 Å². The summed E-state index contributed by atoms with van der Waals surface area (Å²) in [6.45, 7) is 0.555. The average molecular weight is 251 g/mol. The van der Waals surface area contributed by atoms with E-state index >= 15 is 0 Å². The lowest BCUT2D eigenvalue weighted by Gasteiger charge is -2.05. The molecule has 0 radical (unpaired) electrons.